The summed E-state index contributed by atoms with van der Waals surface area (Å²) in [5.74, 6) is -2.74. The molecule has 0 radical (unpaired) electrons. The quantitative estimate of drug-likeness (QED) is 0.830. The Morgan fingerprint density at radius 2 is 1.89 bits per heavy atom. The topological polar surface area (TPSA) is 37.3 Å². The fourth-order valence-corrected chi connectivity index (χ4v) is 2.25. The molecule has 1 aromatic rings. The van der Waals surface area contributed by atoms with Crippen LogP contribution in [0.4, 0.5) is 17.6 Å². The zero-order valence-corrected chi connectivity index (χ0v) is 9.22. The van der Waals surface area contributed by atoms with Gasteiger partial charge in [0.15, 0.2) is 0 Å². The number of carbonyl (C=O) groups is 1. The molecule has 6 heteroatoms. The largest absolute Gasteiger partial charge is 0.481 e. The number of halogens is 4. The van der Waals surface area contributed by atoms with Crippen molar-refractivity contribution in [3.05, 3.63) is 35.1 Å². The van der Waals surface area contributed by atoms with E-state index in [1.165, 1.54) is 0 Å². The summed E-state index contributed by atoms with van der Waals surface area (Å²) < 4.78 is 51.5. The second-order valence-electron chi connectivity index (χ2n) is 4.41. The number of hydrogen-bond acceptors (Lipinski definition) is 1. The molecule has 1 fully saturated rings. The molecular weight excluding hydrogens is 252 g/mol. The minimum atomic E-state index is -4.82. The molecule has 0 unspecified atom stereocenters. The highest BCUT2D eigenvalue weighted by atomic mass is 19.4. The van der Waals surface area contributed by atoms with Crippen LogP contribution < -0.4 is 0 Å². The van der Waals surface area contributed by atoms with Crippen molar-refractivity contribution in [2.24, 2.45) is 0 Å². The first kappa shape index (κ1) is 12.9. The molecule has 2 nitrogen and oxygen atoms in total. The summed E-state index contributed by atoms with van der Waals surface area (Å²) in [5.41, 5.74) is -3.27. The van der Waals surface area contributed by atoms with Gasteiger partial charge in [-0.1, -0.05) is 18.6 Å². The van der Waals surface area contributed by atoms with Crippen LogP contribution in [0.25, 0.3) is 0 Å². The van der Waals surface area contributed by atoms with Crippen LogP contribution in [0, 0.1) is 5.82 Å². The Hall–Kier alpha value is -1.59. The number of benzene rings is 1. The average Bonchev–Trinajstić information content (AvgIpc) is 2.16. The molecule has 0 spiro atoms. The van der Waals surface area contributed by atoms with Gasteiger partial charge in [0.05, 0.1) is 11.0 Å². The number of carboxylic acid groups (broad SMARTS) is 1. The van der Waals surface area contributed by atoms with E-state index in [-0.39, 0.29) is 18.4 Å². The van der Waals surface area contributed by atoms with Crippen molar-refractivity contribution in [2.75, 3.05) is 0 Å². The van der Waals surface area contributed by atoms with Gasteiger partial charge < -0.3 is 5.11 Å². The lowest BCUT2D eigenvalue weighted by Gasteiger charge is -2.38. The predicted octanol–water partition coefficient (Wildman–Crippen LogP) is 3.35. The predicted molar refractivity (Wildman–Crippen MR) is 54.6 cm³/mol. The summed E-state index contributed by atoms with van der Waals surface area (Å²) >= 11 is 0. The zero-order valence-electron chi connectivity index (χ0n) is 9.22. The van der Waals surface area contributed by atoms with Crippen LogP contribution in [0.1, 0.15) is 30.4 Å². The summed E-state index contributed by atoms with van der Waals surface area (Å²) in [7, 11) is 0. The highest BCUT2D eigenvalue weighted by Crippen LogP contribution is 2.46. The maximum Gasteiger partial charge on any atom is 0.419 e. The molecule has 1 aromatic carbocycles. The Morgan fingerprint density at radius 3 is 2.28 bits per heavy atom. The average molecular weight is 262 g/mol. The van der Waals surface area contributed by atoms with E-state index >= 15 is 0 Å². The molecule has 18 heavy (non-hydrogen) atoms. The minimum Gasteiger partial charge on any atom is -0.481 e. The van der Waals surface area contributed by atoms with Gasteiger partial charge in [-0.2, -0.15) is 13.2 Å². The van der Waals surface area contributed by atoms with Gasteiger partial charge in [-0.15, -0.1) is 0 Å². The molecule has 1 saturated carbocycles. The van der Waals surface area contributed by atoms with Crippen LogP contribution in [0.15, 0.2) is 18.2 Å². The van der Waals surface area contributed by atoms with Gasteiger partial charge >= 0.3 is 12.1 Å². The second kappa shape index (κ2) is 3.96. The molecule has 0 bridgehead atoms. The summed E-state index contributed by atoms with van der Waals surface area (Å²) in [4.78, 5) is 11.2. The van der Waals surface area contributed by atoms with Gasteiger partial charge in [-0.3, -0.25) is 4.79 Å². The molecule has 1 aliphatic carbocycles. The molecule has 0 atom stereocenters. The standard InChI is InChI=1S/C12H10F4O2/c13-9-7(11(10(17)18)5-2-6-11)3-1-4-8(9)12(14,15)16/h1,3-4H,2,5-6H2,(H,17,18). The molecule has 2 rings (SSSR count). The number of alkyl halides is 3. The number of carboxylic acids is 1. The van der Waals surface area contributed by atoms with Crippen molar-refractivity contribution < 1.29 is 27.5 Å². The molecule has 0 aromatic heterocycles. The van der Waals surface area contributed by atoms with Crippen LogP contribution in [0.2, 0.25) is 0 Å². The first-order chi connectivity index (χ1) is 8.29. The van der Waals surface area contributed by atoms with Gasteiger partial charge in [0.1, 0.15) is 5.82 Å². The van der Waals surface area contributed by atoms with Crippen molar-refractivity contribution in [3.63, 3.8) is 0 Å². The summed E-state index contributed by atoms with van der Waals surface area (Å²) in [6.45, 7) is 0. The molecule has 0 aliphatic heterocycles. The molecular formula is C12H10F4O2. The van der Waals surface area contributed by atoms with E-state index in [9.17, 15) is 22.4 Å². The lowest BCUT2D eigenvalue weighted by Crippen LogP contribution is -2.43. The molecule has 0 heterocycles. The fourth-order valence-electron chi connectivity index (χ4n) is 2.25. The van der Waals surface area contributed by atoms with E-state index in [1.807, 2.05) is 0 Å². The third-order valence-corrected chi connectivity index (χ3v) is 3.44. The van der Waals surface area contributed by atoms with Crippen molar-refractivity contribution in [3.8, 4) is 0 Å². The number of hydrogen-bond donors (Lipinski definition) is 1. The van der Waals surface area contributed by atoms with E-state index in [2.05, 4.69) is 0 Å². The van der Waals surface area contributed by atoms with Crippen LogP contribution >= 0.6 is 0 Å². The lowest BCUT2D eigenvalue weighted by atomic mass is 9.64. The van der Waals surface area contributed by atoms with E-state index in [0.29, 0.717) is 12.5 Å². The Morgan fingerprint density at radius 1 is 1.28 bits per heavy atom. The SMILES string of the molecule is O=C(O)C1(c2cccc(C(F)(F)F)c2F)CCC1. The van der Waals surface area contributed by atoms with E-state index in [0.717, 1.165) is 12.1 Å². The van der Waals surface area contributed by atoms with Gasteiger partial charge in [0, 0.05) is 5.56 Å². The molecule has 1 N–H and O–H groups in total. The number of rotatable bonds is 2. The van der Waals surface area contributed by atoms with Crippen LogP contribution in [-0.2, 0) is 16.4 Å². The first-order valence-corrected chi connectivity index (χ1v) is 5.38. The van der Waals surface area contributed by atoms with E-state index in [1.54, 1.807) is 0 Å². The zero-order chi connectivity index (χ0) is 13.6. The maximum absolute atomic E-state index is 13.9. The minimum absolute atomic E-state index is 0.167. The molecule has 98 valence electrons. The molecule has 1 aliphatic rings. The van der Waals surface area contributed by atoms with Gasteiger partial charge in [0.2, 0.25) is 0 Å². The molecule has 0 saturated heterocycles. The van der Waals surface area contributed by atoms with Gasteiger partial charge in [0.25, 0.3) is 0 Å². The third-order valence-electron chi connectivity index (χ3n) is 3.44. The Labute approximate surface area is 100 Å². The first-order valence-electron chi connectivity index (χ1n) is 5.38. The monoisotopic (exact) mass is 262 g/mol. The Kier molecular flexibility index (Phi) is 2.83. The second-order valence-corrected chi connectivity index (χ2v) is 4.41. The summed E-state index contributed by atoms with van der Waals surface area (Å²) in [6, 6.07) is 2.79. The van der Waals surface area contributed by atoms with E-state index < -0.39 is 28.9 Å². The van der Waals surface area contributed by atoms with Gasteiger partial charge in [-0.05, 0) is 18.9 Å². The van der Waals surface area contributed by atoms with Crippen LogP contribution in [0.3, 0.4) is 0 Å². The lowest BCUT2D eigenvalue weighted by molar-refractivity contribution is -0.148. The highest BCUT2D eigenvalue weighted by Gasteiger charge is 2.49. The van der Waals surface area contributed by atoms with Crippen molar-refractivity contribution in [1.82, 2.24) is 0 Å². The smallest absolute Gasteiger partial charge is 0.419 e. The maximum atomic E-state index is 13.9. The Bertz CT molecular complexity index is 489. The summed E-state index contributed by atoms with van der Waals surface area (Å²) in [6.07, 6.45) is -3.91. The van der Waals surface area contributed by atoms with E-state index in [4.69, 9.17) is 5.11 Å². The highest BCUT2D eigenvalue weighted by molar-refractivity contribution is 5.82. The normalized spacial score (nSPS) is 18.2. The number of aliphatic carboxylic acids is 1. The third kappa shape index (κ3) is 1.76. The fraction of sp³-hybridized carbons (Fsp3) is 0.417. The van der Waals surface area contributed by atoms with Crippen LogP contribution in [-0.4, -0.2) is 11.1 Å². The van der Waals surface area contributed by atoms with Crippen molar-refractivity contribution >= 4 is 5.97 Å². The van der Waals surface area contributed by atoms with Crippen molar-refractivity contribution in [2.45, 2.75) is 30.9 Å². The Balaban J connectivity index is 2.56. The van der Waals surface area contributed by atoms with Crippen LogP contribution in [0.5, 0.6) is 0 Å². The summed E-state index contributed by atoms with van der Waals surface area (Å²) in [5, 5.41) is 9.11. The molecule has 0 amide bonds. The van der Waals surface area contributed by atoms with Crippen molar-refractivity contribution in [1.29, 1.82) is 0 Å². The van der Waals surface area contributed by atoms with Gasteiger partial charge in [-0.25, -0.2) is 4.39 Å².